The molecule has 2 aliphatic heterocycles. The highest BCUT2D eigenvalue weighted by Gasteiger charge is 2.44. The van der Waals surface area contributed by atoms with E-state index in [1.165, 1.54) is 77.1 Å². The summed E-state index contributed by atoms with van der Waals surface area (Å²) in [7, 11) is 0. The Balaban J connectivity index is 1.34. The van der Waals surface area contributed by atoms with E-state index in [2.05, 4.69) is 151 Å². The Kier molecular flexibility index (Phi) is 4.76. The first-order valence-corrected chi connectivity index (χ1v) is 15.3. The third kappa shape index (κ3) is 3.11. The minimum absolute atomic E-state index is 0.0404. The standard InChI is InChI=1S/C41H26BNO/c1-25-23-33-31-16-10-20-37-38(31)40(41(44-37)32-17-9-15-29-28-14-6-5-11-26(28)21-22-30(29)32)42-34-18-7-8-19-35(34)43(36(24-25)39(33)42)27-12-3-2-4-13-27/h2-24H,1H3. The molecule has 0 unspecified atom stereocenters. The molecule has 2 nitrogen and oxygen atoms in total. The highest BCUT2D eigenvalue weighted by molar-refractivity contribution is 7.01. The minimum Gasteiger partial charge on any atom is -0.457 e. The van der Waals surface area contributed by atoms with Crippen LogP contribution >= 0.6 is 0 Å². The van der Waals surface area contributed by atoms with Crippen LogP contribution in [-0.2, 0) is 0 Å². The second-order valence-corrected chi connectivity index (χ2v) is 12.1. The first-order chi connectivity index (χ1) is 21.8. The molecule has 10 rings (SSSR count). The molecule has 204 valence electrons. The molecule has 1 aromatic heterocycles. The van der Waals surface area contributed by atoms with Crippen LogP contribution in [0.15, 0.2) is 144 Å². The van der Waals surface area contributed by atoms with E-state index in [0.717, 1.165) is 16.9 Å². The molecule has 2 aliphatic rings. The van der Waals surface area contributed by atoms with E-state index in [1.807, 2.05) is 0 Å². The van der Waals surface area contributed by atoms with Crippen molar-refractivity contribution in [1.29, 1.82) is 0 Å². The van der Waals surface area contributed by atoms with Gasteiger partial charge in [0, 0.05) is 28.0 Å². The second-order valence-electron chi connectivity index (χ2n) is 12.1. The number of aryl methyl sites for hydroxylation is 1. The van der Waals surface area contributed by atoms with E-state index >= 15 is 0 Å². The van der Waals surface area contributed by atoms with E-state index in [-0.39, 0.29) is 6.71 Å². The number of anilines is 3. The van der Waals surface area contributed by atoms with Crippen molar-refractivity contribution >= 4 is 72.7 Å². The Hall–Kier alpha value is -5.54. The maximum atomic E-state index is 6.99. The van der Waals surface area contributed by atoms with Gasteiger partial charge in [0.1, 0.15) is 11.3 Å². The molecule has 0 saturated heterocycles. The summed E-state index contributed by atoms with van der Waals surface area (Å²) in [6.45, 7) is 2.26. The van der Waals surface area contributed by atoms with Gasteiger partial charge in [0.05, 0.1) is 0 Å². The Morgan fingerprint density at radius 3 is 2.25 bits per heavy atom. The number of benzene rings is 7. The van der Waals surface area contributed by atoms with Crippen LogP contribution < -0.4 is 21.3 Å². The summed E-state index contributed by atoms with van der Waals surface area (Å²) in [5.74, 6) is 0.971. The molecule has 0 aliphatic carbocycles. The van der Waals surface area contributed by atoms with Gasteiger partial charge in [0.15, 0.2) is 0 Å². The molecule has 3 heteroatoms. The summed E-state index contributed by atoms with van der Waals surface area (Å²) in [6.07, 6.45) is 0. The van der Waals surface area contributed by atoms with Crippen molar-refractivity contribution in [2.45, 2.75) is 6.92 Å². The molecule has 44 heavy (non-hydrogen) atoms. The summed E-state index contributed by atoms with van der Waals surface area (Å²) in [5, 5.41) is 6.22. The van der Waals surface area contributed by atoms with Crippen molar-refractivity contribution in [3.63, 3.8) is 0 Å². The van der Waals surface area contributed by atoms with Crippen LogP contribution in [0.2, 0.25) is 0 Å². The molecule has 0 amide bonds. The fourth-order valence-corrected chi connectivity index (χ4v) is 7.98. The summed E-state index contributed by atoms with van der Waals surface area (Å²) in [4.78, 5) is 2.45. The largest absolute Gasteiger partial charge is 0.457 e. The first-order valence-electron chi connectivity index (χ1n) is 15.3. The summed E-state index contributed by atoms with van der Waals surface area (Å²) in [6, 6.07) is 50.8. The lowest BCUT2D eigenvalue weighted by Crippen LogP contribution is -2.59. The first kappa shape index (κ1) is 24.0. The smallest absolute Gasteiger partial charge is 0.253 e. The van der Waals surface area contributed by atoms with Gasteiger partial charge in [0.25, 0.3) is 6.71 Å². The molecule has 0 radical (unpaired) electrons. The van der Waals surface area contributed by atoms with E-state index in [1.54, 1.807) is 0 Å². The Morgan fingerprint density at radius 2 is 1.32 bits per heavy atom. The van der Waals surface area contributed by atoms with Crippen molar-refractivity contribution < 1.29 is 4.42 Å². The van der Waals surface area contributed by atoms with Crippen molar-refractivity contribution in [3.05, 3.63) is 145 Å². The zero-order valence-corrected chi connectivity index (χ0v) is 24.2. The number of nitrogens with zero attached hydrogens (tertiary/aromatic N) is 1. The van der Waals surface area contributed by atoms with Gasteiger partial charge >= 0.3 is 0 Å². The highest BCUT2D eigenvalue weighted by atomic mass is 16.3. The van der Waals surface area contributed by atoms with Crippen LogP contribution in [0.5, 0.6) is 0 Å². The van der Waals surface area contributed by atoms with Gasteiger partial charge in [-0.15, -0.1) is 0 Å². The number of fused-ring (bicyclic) bond motifs is 7. The molecule has 0 N–H and O–H groups in total. The van der Waals surface area contributed by atoms with E-state index in [0.29, 0.717) is 0 Å². The molecule has 0 bridgehead atoms. The van der Waals surface area contributed by atoms with Crippen LogP contribution in [0.4, 0.5) is 17.1 Å². The number of furan rings is 1. The van der Waals surface area contributed by atoms with Gasteiger partial charge in [-0.1, -0.05) is 109 Å². The van der Waals surface area contributed by atoms with Gasteiger partial charge in [-0.25, -0.2) is 0 Å². The van der Waals surface area contributed by atoms with E-state index < -0.39 is 0 Å². The molecule has 3 heterocycles. The van der Waals surface area contributed by atoms with Crippen molar-refractivity contribution in [1.82, 2.24) is 0 Å². The molecule has 7 aromatic carbocycles. The molecule has 0 atom stereocenters. The summed E-state index contributed by atoms with van der Waals surface area (Å²) in [5.41, 5.74) is 13.5. The van der Waals surface area contributed by atoms with Crippen molar-refractivity contribution in [3.8, 4) is 22.5 Å². The van der Waals surface area contributed by atoms with Gasteiger partial charge in [-0.2, -0.15) is 0 Å². The van der Waals surface area contributed by atoms with Crippen molar-refractivity contribution in [2.75, 3.05) is 4.90 Å². The SMILES string of the molecule is Cc1cc2c3c(c1)N(c1ccccc1)c1ccccc1B3c1c(-c3cccc4c3ccc3ccccc34)oc3cccc-2c13. The monoisotopic (exact) mass is 559 g/mol. The number of rotatable bonds is 2. The van der Waals surface area contributed by atoms with Crippen LogP contribution in [-0.4, -0.2) is 6.71 Å². The lowest BCUT2D eigenvalue weighted by atomic mass is 9.32. The highest BCUT2D eigenvalue weighted by Crippen LogP contribution is 2.45. The molecule has 0 fully saturated rings. The van der Waals surface area contributed by atoms with Gasteiger partial charge < -0.3 is 9.32 Å². The summed E-state index contributed by atoms with van der Waals surface area (Å²) < 4.78 is 6.99. The fourth-order valence-electron chi connectivity index (χ4n) is 7.98. The van der Waals surface area contributed by atoms with Gasteiger partial charge in [-0.3, -0.25) is 0 Å². The lowest BCUT2D eigenvalue weighted by Gasteiger charge is -2.40. The van der Waals surface area contributed by atoms with E-state index in [4.69, 9.17) is 4.42 Å². The van der Waals surface area contributed by atoms with Crippen LogP contribution in [0.1, 0.15) is 5.56 Å². The Morgan fingerprint density at radius 1 is 0.545 bits per heavy atom. The number of hydrogen-bond donors (Lipinski definition) is 0. The average molecular weight is 559 g/mol. The maximum Gasteiger partial charge on any atom is 0.253 e. The predicted octanol–water partition coefficient (Wildman–Crippen LogP) is 8.99. The zero-order valence-electron chi connectivity index (χ0n) is 24.2. The topological polar surface area (TPSA) is 16.4 Å². The second kappa shape index (κ2) is 8.75. The zero-order chi connectivity index (χ0) is 28.9. The quantitative estimate of drug-likeness (QED) is 0.155. The summed E-state index contributed by atoms with van der Waals surface area (Å²) >= 11 is 0. The molecule has 0 saturated carbocycles. The van der Waals surface area contributed by atoms with Gasteiger partial charge in [0.2, 0.25) is 0 Å². The Bertz CT molecular complexity index is 2470. The predicted molar refractivity (Wildman–Crippen MR) is 186 cm³/mol. The van der Waals surface area contributed by atoms with Crippen LogP contribution in [0.3, 0.4) is 0 Å². The normalized spacial score (nSPS) is 13.0. The molecular formula is C41H26BNO. The van der Waals surface area contributed by atoms with Crippen LogP contribution in [0, 0.1) is 6.92 Å². The Labute approximate surface area is 255 Å². The van der Waals surface area contributed by atoms with Gasteiger partial charge in [-0.05, 0) is 91.9 Å². The number of hydrogen-bond acceptors (Lipinski definition) is 2. The van der Waals surface area contributed by atoms with Crippen LogP contribution in [0.25, 0.3) is 55.0 Å². The lowest BCUT2D eigenvalue weighted by molar-refractivity contribution is 0.634. The molecule has 8 aromatic rings. The van der Waals surface area contributed by atoms with Crippen molar-refractivity contribution in [2.24, 2.45) is 0 Å². The third-order valence-electron chi connectivity index (χ3n) is 9.70. The molecular weight excluding hydrogens is 533 g/mol. The minimum atomic E-state index is 0.0404. The molecule has 0 spiro atoms. The number of para-hydroxylation sites is 2. The average Bonchev–Trinajstić information content (AvgIpc) is 3.46. The third-order valence-corrected chi connectivity index (χ3v) is 9.70. The van der Waals surface area contributed by atoms with E-state index in [9.17, 15) is 0 Å². The maximum absolute atomic E-state index is 6.99. The fraction of sp³-hybridized carbons (Fsp3) is 0.0244.